The highest BCUT2D eigenvalue weighted by Crippen LogP contribution is 2.18. The molecule has 0 spiro atoms. The number of urea groups is 1. The molecule has 0 unspecified atom stereocenters. The molecule has 0 saturated carbocycles. The first-order chi connectivity index (χ1) is 10.1. The van der Waals surface area contributed by atoms with Crippen LogP contribution in [0.4, 0.5) is 4.79 Å². The Kier molecular flexibility index (Phi) is 5.33. The van der Waals surface area contributed by atoms with Gasteiger partial charge in [-0.15, -0.1) is 11.3 Å². The smallest absolute Gasteiger partial charge is 0.318 e. The Morgan fingerprint density at radius 3 is 2.76 bits per heavy atom. The molecular weight excluding hydrogens is 282 g/mol. The maximum atomic E-state index is 12.4. The second-order valence-corrected chi connectivity index (χ2v) is 6.63. The van der Waals surface area contributed by atoms with Crippen LogP contribution in [0.3, 0.4) is 0 Å². The molecule has 0 saturated heterocycles. The number of carbonyl (C=O) groups is 1. The molecule has 0 aliphatic carbocycles. The fourth-order valence-electron chi connectivity index (χ4n) is 2.01. The zero-order valence-electron chi connectivity index (χ0n) is 12.7. The maximum absolute atomic E-state index is 12.4. The number of aromatic nitrogens is 1. The lowest BCUT2D eigenvalue weighted by atomic mass is 10.3. The summed E-state index contributed by atoms with van der Waals surface area (Å²) >= 11 is 1.73. The lowest BCUT2D eigenvalue weighted by Gasteiger charge is -2.26. The van der Waals surface area contributed by atoms with Gasteiger partial charge in [0.25, 0.3) is 0 Å². The van der Waals surface area contributed by atoms with Crippen LogP contribution in [0.25, 0.3) is 0 Å². The minimum Gasteiger partial charge on any atom is -0.334 e. The van der Waals surface area contributed by atoms with Crippen LogP contribution in [0, 0.1) is 6.92 Å². The van der Waals surface area contributed by atoms with E-state index in [4.69, 9.17) is 0 Å². The minimum atomic E-state index is -0.0418. The van der Waals surface area contributed by atoms with Gasteiger partial charge in [-0.1, -0.05) is 6.07 Å². The zero-order valence-corrected chi connectivity index (χ0v) is 13.5. The third-order valence-corrected chi connectivity index (χ3v) is 4.16. The van der Waals surface area contributed by atoms with Crippen LogP contribution in [0.1, 0.15) is 29.2 Å². The van der Waals surface area contributed by atoms with Gasteiger partial charge >= 0.3 is 6.03 Å². The number of nitrogens with zero attached hydrogens (tertiary/aromatic N) is 2. The third kappa shape index (κ3) is 4.56. The van der Waals surface area contributed by atoms with E-state index in [2.05, 4.69) is 29.4 Å². The number of pyridine rings is 1. The van der Waals surface area contributed by atoms with Crippen molar-refractivity contribution < 1.29 is 4.79 Å². The van der Waals surface area contributed by atoms with Crippen LogP contribution in [-0.2, 0) is 13.1 Å². The Labute approximate surface area is 129 Å². The van der Waals surface area contributed by atoms with E-state index in [1.807, 2.05) is 30.9 Å². The van der Waals surface area contributed by atoms with Gasteiger partial charge in [0.2, 0.25) is 0 Å². The topological polar surface area (TPSA) is 45.2 Å². The van der Waals surface area contributed by atoms with E-state index in [-0.39, 0.29) is 12.1 Å². The molecule has 0 aliphatic rings. The van der Waals surface area contributed by atoms with E-state index in [9.17, 15) is 4.79 Å². The van der Waals surface area contributed by atoms with Gasteiger partial charge in [-0.25, -0.2) is 4.79 Å². The molecule has 0 atom stereocenters. The monoisotopic (exact) mass is 303 g/mol. The fourth-order valence-corrected chi connectivity index (χ4v) is 2.90. The average molecular weight is 303 g/mol. The predicted octanol–water partition coefficient (Wildman–Crippen LogP) is 3.57. The van der Waals surface area contributed by atoms with Gasteiger partial charge in [-0.2, -0.15) is 0 Å². The highest BCUT2D eigenvalue weighted by atomic mass is 32.1. The van der Waals surface area contributed by atoms with E-state index in [1.165, 1.54) is 9.75 Å². The summed E-state index contributed by atoms with van der Waals surface area (Å²) in [5, 5.41) is 2.96. The molecule has 2 rings (SSSR count). The summed E-state index contributed by atoms with van der Waals surface area (Å²) in [4.78, 5) is 20.7. The van der Waals surface area contributed by atoms with Crippen LogP contribution in [-0.4, -0.2) is 22.0 Å². The summed E-state index contributed by atoms with van der Waals surface area (Å²) in [7, 11) is 0. The Bertz CT molecular complexity index is 580. The molecular formula is C16H21N3OS. The SMILES string of the molecule is Cc1ccc(CN(C(=O)NCc2cccnc2)C(C)C)s1. The lowest BCUT2D eigenvalue weighted by Crippen LogP contribution is -2.43. The van der Waals surface area contributed by atoms with E-state index in [1.54, 1.807) is 23.7 Å². The molecule has 0 bridgehead atoms. The van der Waals surface area contributed by atoms with E-state index >= 15 is 0 Å². The summed E-state index contributed by atoms with van der Waals surface area (Å²) in [5.41, 5.74) is 1.00. The molecule has 112 valence electrons. The van der Waals surface area contributed by atoms with Crippen LogP contribution in [0.2, 0.25) is 0 Å². The van der Waals surface area contributed by atoms with Crippen molar-refractivity contribution in [1.82, 2.24) is 15.2 Å². The quantitative estimate of drug-likeness (QED) is 0.917. The van der Waals surface area contributed by atoms with Crippen LogP contribution in [0.15, 0.2) is 36.7 Å². The Morgan fingerprint density at radius 2 is 2.19 bits per heavy atom. The predicted molar refractivity (Wildman–Crippen MR) is 86.2 cm³/mol. The van der Waals surface area contributed by atoms with Crippen molar-refractivity contribution in [1.29, 1.82) is 0 Å². The molecule has 0 aliphatic heterocycles. The number of thiophene rings is 1. The van der Waals surface area contributed by atoms with Crippen molar-refractivity contribution in [2.45, 2.75) is 39.9 Å². The number of hydrogen-bond acceptors (Lipinski definition) is 3. The molecule has 5 heteroatoms. The molecule has 1 N–H and O–H groups in total. The van der Waals surface area contributed by atoms with Gasteiger partial charge in [0.05, 0.1) is 6.54 Å². The number of aryl methyl sites for hydroxylation is 1. The number of hydrogen-bond donors (Lipinski definition) is 1. The van der Waals surface area contributed by atoms with Crippen LogP contribution < -0.4 is 5.32 Å². The first-order valence-corrected chi connectivity index (χ1v) is 7.86. The summed E-state index contributed by atoms with van der Waals surface area (Å²) in [6.45, 7) is 7.29. The van der Waals surface area contributed by atoms with Crippen molar-refractivity contribution in [3.05, 3.63) is 52.0 Å². The second-order valence-electron chi connectivity index (χ2n) is 5.25. The van der Waals surface area contributed by atoms with Gasteiger partial charge in [-0.05, 0) is 44.5 Å². The average Bonchev–Trinajstić information content (AvgIpc) is 2.88. The van der Waals surface area contributed by atoms with E-state index in [0.29, 0.717) is 13.1 Å². The standard InChI is InChI=1S/C16H21N3OS/c1-12(2)19(11-15-7-6-13(3)21-15)16(20)18-10-14-5-4-8-17-9-14/h4-9,12H,10-11H2,1-3H3,(H,18,20). The van der Waals surface area contributed by atoms with Gasteiger partial charge in [0, 0.05) is 34.7 Å². The largest absolute Gasteiger partial charge is 0.334 e. The Balaban J connectivity index is 1.96. The van der Waals surface area contributed by atoms with Crippen molar-refractivity contribution in [2.75, 3.05) is 0 Å². The van der Waals surface area contributed by atoms with Crippen LogP contribution >= 0.6 is 11.3 Å². The number of carbonyl (C=O) groups excluding carboxylic acids is 1. The molecule has 2 aromatic rings. The van der Waals surface area contributed by atoms with Crippen LogP contribution in [0.5, 0.6) is 0 Å². The number of rotatable bonds is 5. The molecule has 2 heterocycles. The van der Waals surface area contributed by atoms with E-state index in [0.717, 1.165) is 5.56 Å². The highest BCUT2D eigenvalue weighted by molar-refractivity contribution is 7.11. The molecule has 0 fully saturated rings. The molecule has 21 heavy (non-hydrogen) atoms. The van der Waals surface area contributed by atoms with Crippen molar-refractivity contribution >= 4 is 17.4 Å². The summed E-state index contributed by atoms with van der Waals surface area (Å²) in [5.74, 6) is 0. The van der Waals surface area contributed by atoms with Gasteiger partial charge < -0.3 is 10.2 Å². The molecule has 2 amide bonds. The Morgan fingerprint density at radius 1 is 1.38 bits per heavy atom. The molecule has 4 nitrogen and oxygen atoms in total. The first kappa shape index (κ1) is 15.5. The van der Waals surface area contributed by atoms with Gasteiger partial charge in [-0.3, -0.25) is 4.98 Å². The fraction of sp³-hybridized carbons (Fsp3) is 0.375. The number of amides is 2. The summed E-state index contributed by atoms with van der Waals surface area (Å²) in [6, 6.07) is 8.11. The van der Waals surface area contributed by atoms with Crippen molar-refractivity contribution in [3.8, 4) is 0 Å². The summed E-state index contributed by atoms with van der Waals surface area (Å²) in [6.07, 6.45) is 3.49. The summed E-state index contributed by atoms with van der Waals surface area (Å²) < 4.78 is 0. The van der Waals surface area contributed by atoms with Crippen molar-refractivity contribution in [3.63, 3.8) is 0 Å². The van der Waals surface area contributed by atoms with E-state index < -0.39 is 0 Å². The third-order valence-electron chi connectivity index (χ3n) is 3.17. The van der Waals surface area contributed by atoms with Gasteiger partial charge in [0.1, 0.15) is 0 Å². The molecule has 0 aromatic carbocycles. The highest BCUT2D eigenvalue weighted by Gasteiger charge is 2.17. The minimum absolute atomic E-state index is 0.0418. The Hall–Kier alpha value is -1.88. The second kappa shape index (κ2) is 7.22. The molecule has 2 aromatic heterocycles. The number of nitrogens with one attached hydrogen (secondary N) is 1. The first-order valence-electron chi connectivity index (χ1n) is 7.05. The maximum Gasteiger partial charge on any atom is 0.318 e. The lowest BCUT2D eigenvalue weighted by molar-refractivity contribution is 0.180. The van der Waals surface area contributed by atoms with Gasteiger partial charge in [0.15, 0.2) is 0 Å². The van der Waals surface area contributed by atoms with Crippen molar-refractivity contribution in [2.24, 2.45) is 0 Å². The zero-order chi connectivity index (χ0) is 15.2. The normalized spacial score (nSPS) is 10.7. The molecule has 0 radical (unpaired) electrons.